The Morgan fingerprint density at radius 2 is 2.30 bits per heavy atom. The van der Waals surface area contributed by atoms with Crippen LogP contribution in [0.25, 0.3) is 0 Å². The van der Waals surface area contributed by atoms with Gasteiger partial charge in [0.05, 0.1) is 23.2 Å². The highest BCUT2D eigenvalue weighted by Crippen LogP contribution is 2.16. The van der Waals surface area contributed by atoms with E-state index in [9.17, 15) is 19.3 Å². The molecular weight excluding hydrogens is 335 g/mol. The van der Waals surface area contributed by atoms with Crippen LogP contribution >= 0.6 is 15.9 Å². The van der Waals surface area contributed by atoms with Gasteiger partial charge in [-0.3, -0.25) is 14.9 Å². The summed E-state index contributed by atoms with van der Waals surface area (Å²) < 4.78 is 18.5. The predicted molar refractivity (Wildman–Crippen MR) is 74.6 cm³/mol. The number of nitro benzene ring substituents is 1. The normalized spacial score (nSPS) is 11.9. The molecule has 0 spiro atoms. The second kappa shape index (κ2) is 7.91. The lowest BCUT2D eigenvalue weighted by Gasteiger charge is -2.09. The highest BCUT2D eigenvalue weighted by molar-refractivity contribution is 9.09. The standard InChI is InChI=1S/C12H14BrFN2O4/c1-20-7-8(13)4-5-15-12(17)10-3-2-9(16(18)19)6-11(10)14/h2-3,6,8H,4-5,7H2,1H3,(H,15,17). The molecule has 1 unspecified atom stereocenters. The van der Waals surface area contributed by atoms with Crippen molar-refractivity contribution < 1.29 is 18.8 Å². The second-order valence-electron chi connectivity index (χ2n) is 4.02. The van der Waals surface area contributed by atoms with Crippen molar-refractivity contribution in [3.63, 3.8) is 0 Å². The maximum Gasteiger partial charge on any atom is 0.272 e. The minimum absolute atomic E-state index is 0.0921. The number of methoxy groups -OCH3 is 1. The molecule has 0 fully saturated rings. The van der Waals surface area contributed by atoms with Crippen LogP contribution in [0.2, 0.25) is 0 Å². The molecule has 1 amide bonds. The van der Waals surface area contributed by atoms with Crippen LogP contribution < -0.4 is 5.32 Å². The Bertz CT molecular complexity index is 498. The van der Waals surface area contributed by atoms with E-state index in [1.165, 1.54) is 0 Å². The van der Waals surface area contributed by atoms with Crippen molar-refractivity contribution in [2.45, 2.75) is 11.2 Å². The molecule has 0 aromatic heterocycles. The molecule has 110 valence electrons. The third-order valence-electron chi connectivity index (χ3n) is 2.50. The second-order valence-corrected chi connectivity index (χ2v) is 5.31. The van der Waals surface area contributed by atoms with Gasteiger partial charge in [-0.1, -0.05) is 15.9 Å². The molecule has 1 aromatic rings. The number of amides is 1. The fourth-order valence-corrected chi connectivity index (χ4v) is 2.00. The van der Waals surface area contributed by atoms with Gasteiger partial charge in [0.15, 0.2) is 0 Å². The minimum Gasteiger partial charge on any atom is -0.384 e. The number of hydrogen-bond donors (Lipinski definition) is 1. The van der Waals surface area contributed by atoms with Crippen molar-refractivity contribution in [3.05, 3.63) is 39.7 Å². The van der Waals surface area contributed by atoms with Gasteiger partial charge >= 0.3 is 0 Å². The maximum absolute atomic E-state index is 13.6. The summed E-state index contributed by atoms with van der Waals surface area (Å²) in [6.45, 7) is 0.844. The minimum atomic E-state index is -0.913. The SMILES string of the molecule is COCC(Br)CCNC(=O)c1ccc([N+](=O)[O-])cc1F. The molecule has 1 atom stereocenters. The van der Waals surface area contributed by atoms with Gasteiger partial charge in [-0.2, -0.15) is 0 Å². The third kappa shape index (κ3) is 4.86. The molecule has 0 bridgehead atoms. The van der Waals surface area contributed by atoms with Crippen LogP contribution in [0.4, 0.5) is 10.1 Å². The van der Waals surface area contributed by atoms with Crippen LogP contribution in [0.5, 0.6) is 0 Å². The molecule has 0 radical (unpaired) electrons. The molecule has 6 nitrogen and oxygen atoms in total. The monoisotopic (exact) mass is 348 g/mol. The lowest BCUT2D eigenvalue weighted by atomic mass is 10.1. The van der Waals surface area contributed by atoms with Gasteiger partial charge < -0.3 is 10.1 Å². The Hall–Kier alpha value is -1.54. The van der Waals surface area contributed by atoms with Crippen LogP contribution in [0.3, 0.4) is 0 Å². The summed E-state index contributed by atoms with van der Waals surface area (Å²) in [6, 6.07) is 2.92. The Balaban J connectivity index is 2.58. The van der Waals surface area contributed by atoms with E-state index >= 15 is 0 Å². The van der Waals surface area contributed by atoms with E-state index < -0.39 is 16.6 Å². The van der Waals surface area contributed by atoms with Gasteiger partial charge in [0.25, 0.3) is 11.6 Å². The molecule has 1 rings (SSSR count). The number of non-ortho nitro benzene ring substituents is 1. The van der Waals surface area contributed by atoms with E-state index in [-0.39, 0.29) is 16.1 Å². The number of rotatable bonds is 7. The van der Waals surface area contributed by atoms with E-state index in [1.807, 2.05) is 0 Å². The predicted octanol–water partition coefficient (Wildman–Crippen LogP) is 2.26. The summed E-state index contributed by atoms with van der Waals surface area (Å²) in [5.74, 6) is -1.52. The average molecular weight is 349 g/mol. The first-order chi connectivity index (χ1) is 9.45. The van der Waals surface area contributed by atoms with Gasteiger partial charge in [-0.05, 0) is 12.5 Å². The fraction of sp³-hybridized carbons (Fsp3) is 0.417. The molecule has 0 aliphatic heterocycles. The van der Waals surface area contributed by atoms with Gasteiger partial charge in [-0.25, -0.2) is 4.39 Å². The molecule has 0 aliphatic rings. The molecule has 1 aromatic carbocycles. The van der Waals surface area contributed by atoms with Crippen molar-refractivity contribution in [2.24, 2.45) is 0 Å². The average Bonchev–Trinajstić information content (AvgIpc) is 2.38. The van der Waals surface area contributed by atoms with Gasteiger partial charge in [0.1, 0.15) is 5.82 Å². The maximum atomic E-state index is 13.6. The van der Waals surface area contributed by atoms with Crippen LogP contribution in [-0.4, -0.2) is 35.9 Å². The Morgan fingerprint density at radius 3 is 2.85 bits per heavy atom. The number of nitrogens with one attached hydrogen (secondary N) is 1. The van der Waals surface area contributed by atoms with Gasteiger partial charge in [0.2, 0.25) is 0 Å². The van der Waals surface area contributed by atoms with Crippen LogP contribution in [0, 0.1) is 15.9 Å². The van der Waals surface area contributed by atoms with Crippen molar-refractivity contribution in [1.82, 2.24) is 5.32 Å². The van der Waals surface area contributed by atoms with E-state index in [1.54, 1.807) is 7.11 Å². The first-order valence-corrected chi connectivity index (χ1v) is 6.72. The van der Waals surface area contributed by atoms with Crippen LogP contribution in [0.15, 0.2) is 18.2 Å². The van der Waals surface area contributed by atoms with Crippen LogP contribution in [-0.2, 0) is 4.74 Å². The number of nitro groups is 1. The fourth-order valence-electron chi connectivity index (χ4n) is 1.50. The van der Waals surface area contributed by atoms with Crippen molar-refractivity contribution in [3.8, 4) is 0 Å². The molecule has 20 heavy (non-hydrogen) atoms. The topological polar surface area (TPSA) is 81.5 Å². The molecule has 0 heterocycles. The Kier molecular flexibility index (Phi) is 6.53. The van der Waals surface area contributed by atoms with E-state index in [4.69, 9.17) is 4.74 Å². The lowest BCUT2D eigenvalue weighted by Crippen LogP contribution is -2.27. The summed E-state index contributed by atoms with van der Waals surface area (Å²) in [5.41, 5.74) is -0.604. The molecular formula is C12H14BrFN2O4. The first-order valence-electron chi connectivity index (χ1n) is 5.81. The number of hydrogen-bond acceptors (Lipinski definition) is 4. The summed E-state index contributed by atoms with van der Waals surface area (Å²) in [6.07, 6.45) is 0.619. The Morgan fingerprint density at radius 1 is 1.60 bits per heavy atom. The molecule has 0 saturated carbocycles. The number of benzene rings is 1. The smallest absolute Gasteiger partial charge is 0.272 e. The molecule has 8 heteroatoms. The summed E-state index contributed by atoms with van der Waals surface area (Å²) in [7, 11) is 1.57. The molecule has 0 saturated heterocycles. The number of halogens is 2. The van der Waals surface area contributed by atoms with Gasteiger partial charge in [-0.15, -0.1) is 0 Å². The highest BCUT2D eigenvalue weighted by Gasteiger charge is 2.16. The highest BCUT2D eigenvalue weighted by atomic mass is 79.9. The molecule has 1 N–H and O–H groups in total. The third-order valence-corrected chi connectivity index (χ3v) is 3.22. The number of nitrogens with zero attached hydrogens (tertiary/aromatic N) is 1. The van der Waals surface area contributed by atoms with E-state index in [0.29, 0.717) is 19.6 Å². The Labute approximate surface area is 123 Å². The quantitative estimate of drug-likeness (QED) is 0.465. The van der Waals surface area contributed by atoms with Crippen LogP contribution in [0.1, 0.15) is 16.8 Å². The van der Waals surface area contributed by atoms with Gasteiger partial charge in [0, 0.05) is 24.5 Å². The number of ether oxygens (including phenoxy) is 1. The number of alkyl halides is 1. The zero-order chi connectivity index (χ0) is 15.1. The zero-order valence-electron chi connectivity index (χ0n) is 10.8. The summed E-state index contributed by atoms with van der Waals surface area (Å²) >= 11 is 3.36. The zero-order valence-corrected chi connectivity index (χ0v) is 12.4. The lowest BCUT2D eigenvalue weighted by molar-refractivity contribution is -0.385. The number of carbonyl (C=O) groups excluding carboxylic acids is 1. The first kappa shape index (κ1) is 16.5. The van der Waals surface area contributed by atoms with Crippen molar-refractivity contribution in [1.29, 1.82) is 0 Å². The van der Waals surface area contributed by atoms with E-state index in [2.05, 4.69) is 21.2 Å². The largest absolute Gasteiger partial charge is 0.384 e. The summed E-state index contributed by atoms with van der Waals surface area (Å²) in [4.78, 5) is 21.6. The number of carbonyl (C=O) groups is 1. The molecule has 0 aliphatic carbocycles. The van der Waals surface area contributed by atoms with Crippen molar-refractivity contribution in [2.75, 3.05) is 20.3 Å². The summed E-state index contributed by atoms with van der Waals surface area (Å²) in [5, 5.41) is 13.0. The van der Waals surface area contributed by atoms with Crippen molar-refractivity contribution >= 4 is 27.5 Å². The van der Waals surface area contributed by atoms with E-state index in [0.717, 1.165) is 18.2 Å².